The van der Waals surface area contributed by atoms with Crippen LogP contribution in [0.2, 0.25) is 0 Å². The quantitative estimate of drug-likeness (QED) is 0.422. The van der Waals surface area contributed by atoms with Gasteiger partial charge in [0.15, 0.2) is 0 Å². The highest BCUT2D eigenvalue weighted by Crippen LogP contribution is 2.33. The molecule has 1 aromatic carbocycles. The normalized spacial score (nSPS) is 21.1. The van der Waals surface area contributed by atoms with Crippen molar-refractivity contribution in [3.8, 4) is 11.5 Å². The zero-order chi connectivity index (χ0) is 25.7. The lowest BCUT2D eigenvalue weighted by atomic mass is 9.84. The van der Waals surface area contributed by atoms with Gasteiger partial charge in [0, 0.05) is 25.2 Å². The molecule has 36 heavy (non-hydrogen) atoms. The van der Waals surface area contributed by atoms with Gasteiger partial charge in [0.05, 0.1) is 5.56 Å². The Morgan fingerprint density at radius 2 is 1.58 bits per heavy atom. The van der Waals surface area contributed by atoms with Gasteiger partial charge in [-0.25, -0.2) is 0 Å². The summed E-state index contributed by atoms with van der Waals surface area (Å²) in [6.07, 6.45) is 12.8. The summed E-state index contributed by atoms with van der Waals surface area (Å²) >= 11 is 0. The molecule has 2 aliphatic carbocycles. The van der Waals surface area contributed by atoms with Gasteiger partial charge in [-0.3, -0.25) is 9.59 Å². The van der Waals surface area contributed by atoms with Crippen molar-refractivity contribution < 1.29 is 24.5 Å². The van der Waals surface area contributed by atoms with E-state index in [4.69, 9.17) is 4.74 Å². The number of amides is 1. The Morgan fingerprint density at radius 3 is 2.22 bits per heavy atom. The van der Waals surface area contributed by atoms with Crippen molar-refractivity contribution in [1.82, 2.24) is 10.2 Å². The van der Waals surface area contributed by atoms with Crippen LogP contribution in [0.1, 0.15) is 113 Å². The van der Waals surface area contributed by atoms with Gasteiger partial charge in [0.2, 0.25) is 0 Å². The molecule has 0 aromatic heterocycles. The predicted molar refractivity (Wildman–Crippen MR) is 139 cm³/mol. The SMILES string of the molecule is CC(C)c1cc(C(=O)N2CCC(N[C@@H](CC3CCCCC3)C(=O)OC3CCCC3)CC2)c(O)cc1O. The molecule has 7 nitrogen and oxygen atoms in total. The lowest BCUT2D eigenvalue weighted by Crippen LogP contribution is -2.51. The van der Waals surface area contributed by atoms with Crippen LogP contribution in [0.25, 0.3) is 0 Å². The smallest absolute Gasteiger partial charge is 0.323 e. The van der Waals surface area contributed by atoms with E-state index in [2.05, 4.69) is 5.32 Å². The van der Waals surface area contributed by atoms with Gasteiger partial charge in [-0.1, -0.05) is 46.0 Å². The molecule has 0 radical (unpaired) electrons. The van der Waals surface area contributed by atoms with E-state index in [1.807, 2.05) is 13.8 Å². The number of hydrogen-bond donors (Lipinski definition) is 3. The number of aromatic hydroxyl groups is 2. The fraction of sp³-hybridized carbons (Fsp3) is 0.724. The molecule has 1 saturated heterocycles. The summed E-state index contributed by atoms with van der Waals surface area (Å²) in [7, 11) is 0. The summed E-state index contributed by atoms with van der Waals surface area (Å²) in [5.74, 6) is 0.118. The first-order valence-electron chi connectivity index (χ1n) is 14.1. The first-order valence-corrected chi connectivity index (χ1v) is 14.1. The molecule has 0 bridgehead atoms. The molecule has 2 saturated carbocycles. The Kier molecular flexibility index (Phi) is 9.15. The van der Waals surface area contributed by atoms with Crippen molar-refractivity contribution in [1.29, 1.82) is 0 Å². The largest absolute Gasteiger partial charge is 0.508 e. The standard InChI is InChI=1S/C29H44N2O5/c1-19(2)23-17-24(27(33)18-26(23)32)28(34)31-14-12-21(13-15-31)30-25(16-20-8-4-3-5-9-20)29(35)36-22-10-6-7-11-22/h17-22,25,30,32-33H,3-16H2,1-2H3/t25-/m0/s1. The zero-order valence-corrected chi connectivity index (χ0v) is 22.0. The van der Waals surface area contributed by atoms with Crippen molar-refractivity contribution in [2.75, 3.05) is 13.1 Å². The van der Waals surface area contributed by atoms with Crippen LogP contribution >= 0.6 is 0 Å². The van der Waals surface area contributed by atoms with Crippen molar-refractivity contribution in [3.63, 3.8) is 0 Å². The number of nitrogens with zero attached hydrogens (tertiary/aromatic N) is 1. The molecule has 0 unspecified atom stereocenters. The van der Waals surface area contributed by atoms with E-state index in [9.17, 15) is 19.8 Å². The second-order valence-electron chi connectivity index (χ2n) is 11.5. The van der Waals surface area contributed by atoms with Crippen LogP contribution in [0.3, 0.4) is 0 Å². The van der Waals surface area contributed by atoms with Crippen LogP contribution in [-0.2, 0) is 9.53 Å². The molecule has 4 rings (SSSR count). The van der Waals surface area contributed by atoms with E-state index in [-0.39, 0.29) is 53.0 Å². The number of esters is 1. The maximum absolute atomic E-state index is 13.2. The minimum Gasteiger partial charge on any atom is -0.508 e. The van der Waals surface area contributed by atoms with Gasteiger partial charge in [-0.05, 0) is 68.4 Å². The molecule has 3 fully saturated rings. The fourth-order valence-electron chi connectivity index (χ4n) is 6.17. The van der Waals surface area contributed by atoms with Gasteiger partial charge < -0.3 is 25.2 Å². The number of carbonyl (C=O) groups excluding carboxylic acids is 2. The first-order chi connectivity index (χ1) is 17.3. The lowest BCUT2D eigenvalue weighted by molar-refractivity contribution is -0.152. The number of benzene rings is 1. The Bertz CT molecular complexity index is 897. The van der Waals surface area contributed by atoms with Crippen LogP contribution in [-0.4, -0.2) is 58.3 Å². The number of hydrogen-bond acceptors (Lipinski definition) is 6. The summed E-state index contributed by atoms with van der Waals surface area (Å²) in [4.78, 5) is 28.1. The van der Waals surface area contributed by atoms with Gasteiger partial charge in [0.1, 0.15) is 23.6 Å². The number of carbonyl (C=O) groups is 2. The summed E-state index contributed by atoms with van der Waals surface area (Å²) < 4.78 is 5.91. The van der Waals surface area contributed by atoms with Crippen molar-refractivity contribution >= 4 is 11.9 Å². The number of phenols is 2. The number of rotatable bonds is 8. The molecule has 7 heteroatoms. The molecule has 3 N–H and O–H groups in total. The second kappa shape index (κ2) is 12.3. The molecule has 1 aliphatic heterocycles. The number of likely N-dealkylation sites (tertiary alicyclic amines) is 1. The zero-order valence-electron chi connectivity index (χ0n) is 22.0. The first kappa shape index (κ1) is 26.8. The minimum absolute atomic E-state index is 0.00968. The van der Waals surface area contributed by atoms with Gasteiger partial charge >= 0.3 is 5.97 Å². The molecule has 200 valence electrons. The third-order valence-corrected chi connectivity index (χ3v) is 8.38. The van der Waals surface area contributed by atoms with Crippen LogP contribution in [0.5, 0.6) is 11.5 Å². The monoisotopic (exact) mass is 500 g/mol. The summed E-state index contributed by atoms with van der Waals surface area (Å²) in [6, 6.07) is 2.75. The van der Waals surface area contributed by atoms with Crippen LogP contribution in [0.15, 0.2) is 12.1 Å². The highest BCUT2D eigenvalue weighted by atomic mass is 16.5. The number of nitrogens with one attached hydrogen (secondary N) is 1. The summed E-state index contributed by atoms with van der Waals surface area (Å²) in [5.41, 5.74) is 0.886. The Morgan fingerprint density at radius 1 is 0.944 bits per heavy atom. The van der Waals surface area contributed by atoms with Crippen LogP contribution < -0.4 is 5.32 Å². The average Bonchev–Trinajstić information content (AvgIpc) is 3.37. The number of piperidine rings is 1. The van der Waals surface area contributed by atoms with Gasteiger partial charge in [-0.15, -0.1) is 0 Å². The summed E-state index contributed by atoms with van der Waals surface area (Å²) in [5, 5.41) is 24.1. The van der Waals surface area contributed by atoms with Gasteiger partial charge in [-0.2, -0.15) is 0 Å². The Labute approximate surface area is 215 Å². The lowest BCUT2D eigenvalue weighted by Gasteiger charge is -2.35. The fourth-order valence-corrected chi connectivity index (χ4v) is 6.17. The maximum Gasteiger partial charge on any atom is 0.323 e. The number of phenolic OH excluding ortho intramolecular Hbond substituents is 2. The number of ether oxygens (including phenoxy) is 1. The Hall–Kier alpha value is -2.28. The highest BCUT2D eigenvalue weighted by Gasteiger charge is 2.32. The molecule has 1 aromatic rings. The molecule has 3 aliphatic rings. The van der Waals surface area contributed by atoms with E-state index < -0.39 is 0 Å². The summed E-state index contributed by atoms with van der Waals surface area (Å²) in [6.45, 7) is 5.00. The van der Waals surface area contributed by atoms with Gasteiger partial charge in [0.25, 0.3) is 5.91 Å². The Balaban J connectivity index is 1.36. The molecule has 1 heterocycles. The molecule has 0 spiro atoms. The topological polar surface area (TPSA) is 99.1 Å². The average molecular weight is 501 g/mol. The van der Waals surface area contributed by atoms with Crippen molar-refractivity contribution in [3.05, 3.63) is 23.3 Å². The molecule has 1 atom stereocenters. The third kappa shape index (κ3) is 6.72. The minimum atomic E-state index is -0.282. The molecule has 1 amide bonds. The van der Waals surface area contributed by atoms with E-state index >= 15 is 0 Å². The van der Waals surface area contributed by atoms with E-state index in [0.717, 1.165) is 44.9 Å². The van der Waals surface area contributed by atoms with E-state index in [0.29, 0.717) is 24.6 Å². The van der Waals surface area contributed by atoms with Crippen LogP contribution in [0, 0.1) is 5.92 Å². The third-order valence-electron chi connectivity index (χ3n) is 8.38. The van der Waals surface area contributed by atoms with Crippen molar-refractivity contribution in [2.45, 2.75) is 115 Å². The predicted octanol–water partition coefficient (Wildman–Crippen LogP) is 5.24. The highest BCUT2D eigenvalue weighted by molar-refractivity contribution is 5.97. The van der Waals surface area contributed by atoms with E-state index in [1.165, 1.54) is 38.2 Å². The van der Waals surface area contributed by atoms with Crippen molar-refractivity contribution in [2.24, 2.45) is 5.92 Å². The maximum atomic E-state index is 13.2. The van der Waals surface area contributed by atoms with E-state index in [1.54, 1.807) is 11.0 Å². The molecular formula is C29H44N2O5. The second-order valence-corrected chi connectivity index (χ2v) is 11.5. The molecular weight excluding hydrogens is 456 g/mol. The van der Waals surface area contributed by atoms with Crippen LogP contribution in [0.4, 0.5) is 0 Å².